The van der Waals surface area contributed by atoms with Crippen LogP contribution in [0.3, 0.4) is 0 Å². The molecule has 1 aromatic heterocycles. The van der Waals surface area contributed by atoms with Gasteiger partial charge in [0.05, 0.1) is 7.11 Å². The van der Waals surface area contributed by atoms with Crippen LogP contribution in [0.1, 0.15) is 16.2 Å². The maximum Gasteiger partial charge on any atom is 0.387 e. The van der Waals surface area contributed by atoms with Gasteiger partial charge in [0, 0.05) is 24.2 Å². The zero-order valence-corrected chi connectivity index (χ0v) is 13.4. The van der Waals surface area contributed by atoms with Gasteiger partial charge in [-0.15, -0.1) is 0 Å². The van der Waals surface area contributed by atoms with E-state index in [0.29, 0.717) is 22.7 Å². The molecular weight excluding hydrogens is 334 g/mol. The maximum absolute atomic E-state index is 12.5. The van der Waals surface area contributed by atoms with E-state index in [2.05, 4.69) is 15.0 Å². The monoisotopic (exact) mass is 348 g/mol. The fraction of sp³-hybridized carbons (Fsp3) is 0.176. The Morgan fingerprint density at radius 3 is 2.72 bits per heavy atom. The van der Waals surface area contributed by atoms with Crippen LogP contribution in [-0.2, 0) is 0 Å². The van der Waals surface area contributed by atoms with Crippen LogP contribution in [0.15, 0.2) is 40.8 Å². The number of aryl methyl sites for hydroxylation is 1. The minimum atomic E-state index is -3.02. The number of ether oxygens (including phenoxy) is 2. The number of amides is 1. The third-order valence-corrected chi connectivity index (χ3v) is 3.40. The van der Waals surface area contributed by atoms with Crippen LogP contribution in [0, 0.1) is 6.92 Å². The van der Waals surface area contributed by atoms with E-state index in [9.17, 15) is 13.6 Å². The Kier molecular flexibility index (Phi) is 4.51. The number of nitrogens with zero attached hydrogens (tertiary/aromatic N) is 1. The number of hydrogen-bond acceptors (Lipinski definition) is 5. The predicted molar refractivity (Wildman–Crippen MR) is 86.3 cm³/mol. The van der Waals surface area contributed by atoms with Gasteiger partial charge >= 0.3 is 6.61 Å². The summed E-state index contributed by atoms with van der Waals surface area (Å²) in [7, 11) is 1.32. The molecule has 0 bridgehead atoms. The summed E-state index contributed by atoms with van der Waals surface area (Å²) in [6.45, 7) is -1.30. The van der Waals surface area contributed by atoms with E-state index >= 15 is 0 Å². The molecule has 0 atom stereocenters. The molecule has 0 saturated heterocycles. The molecule has 0 radical (unpaired) electrons. The zero-order valence-electron chi connectivity index (χ0n) is 13.4. The standard InChI is InChI=1S/C17H14F2N2O4/c1-9-20-12-5-4-11(8-14(12)24-9)21-16(22)10-3-6-13(23-2)15(7-10)25-17(18)19/h3-8,17H,1-2H3,(H,21,22). The van der Waals surface area contributed by atoms with Crippen molar-refractivity contribution in [3.05, 3.63) is 47.9 Å². The van der Waals surface area contributed by atoms with Crippen molar-refractivity contribution in [2.75, 3.05) is 12.4 Å². The molecule has 130 valence electrons. The van der Waals surface area contributed by atoms with Crippen molar-refractivity contribution in [2.45, 2.75) is 13.5 Å². The van der Waals surface area contributed by atoms with Gasteiger partial charge in [-0.2, -0.15) is 8.78 Å². The van der Waals surface area contributed by atoms with Crippen molar-refractivity contribution in [3.63, 3.8) is 0 Å². The van der Waals surface area contributed by atoms with E-state index in [4.69, 9.17) is 9.15 Å². The van der Waals surface area contributed by atoms with Gasteiger partial charge in [-0.1, -0.05) is 0 Å². The summed E-state index contributed by atoms with van der Waals surface area (Å²) >= 11 is 0. The zero-order chi connectivity index (χ0) is 18.0. The van der Waals surface area contributed by atoms with Gasteiger partial charge in [-0.05, 0) is 30.3 Å². The van der Waals surface area contributed by atoms with Gasteiger partial charge in [0.15, 0.2) is 23.0 Å². The second-order valence-corrected chi connectivity index (χ2v) is 5.11. The molecule has 1 heterocycles. The van der Waals surface area contributed by atoms with Crippen molar-refractivity contribution in [2.24, 2.45) is 0 Å². The summed E-state index contributed by atoms with van der Waals surface area (Å²) in [6, 6.07) is 9.03. The van der Waals surface area contributed by atoms with E-state index < -0.39 is 12.5 Å². The number of alkyl halides is 2. The van der Waals surface area contributed by atoms with Gasteiger partial charge in [-0.3, -0.25) is 4.79 Å². The highest BCUT2D eigenvalue weighted by atomic mass is 19.3. The first-order chi connectivity index (χ1) is 12.0. The molecule has 0 aliphatic heterocycles. The van der Waals surface area contributed by atoms with Crippen molar-refractivity contribution >= 4 is 22.7 Å². The largest absolute Gasteiger partial charge is 0.493 e. The minimum absolute atomic E-state index is 0.107. The number of aromatic nitrogens is 1. The summed E-state index contributed by atoms with van der Waals surface area (Å²) in [5.74, 6) is -0.0818. The molecule has 6 nitrogen and oxygen atoms in total. The number of rotatable bonds is 5. The Labute approximate surface area is 141 Å². The van der Waals surface area contributed by atoms with E-state index in [0.717, 1.165) is 0 Å². The number of benzene rings is 2. The molecule has 3 aromatic rings. The third-order valence-electron chi connectivity index (χ3n) is 3.40. The van der Waals surface area contributed by atoms with Gasteiger partial charge in [0.1, 0.15) is 5.52 Å². The van der Waals surface area contributed by atoms with Crippen LogP contribution < -0.4 is 14.8 Å². The number of carbonyl (C=O) groups excluding carboxylic acids is 1. The summed E-state index contributed by atoms with van der Waals surface area (Å²) in [4.78, 5) is 16.5. The Morgan fingerprint density at radius 1 is 1.20 bits per heavy atom. The highest BCUT2D eigenvalue weighted by molar-refractivity contribution is 6.05. The molecule has 3 rings (SSSR count). The van der Waals surface area contributed by atoms with Crippen LogP contribution >= 0.6 is 0 Å². The minimum Gasteiger partial charge on any atom is -0.493 e. The van der Waals surface area contributed by atoms with Crippen molar-refractivity contribution in [3.8, 4) is 11.5 Å². The van der Waals surface area contributed by atoms with E-state index in [1.807, 2.05) is 0 Å². The maximum atomic E-state index is 12.5. The fourth-order valence-electron chi connectivity index (χ4n) is 2.33. The Balaban J connectivity index is 1.84. The average molecular weight is 348 g/mol. The normalized spacial score (nSPS) is 10.9. The van der Waals surface area contributed by atoms with Gasteiger partial charge in [-0.25, -0.2) is 4.98 Å². The second kappa shape index (κ2) is 6.76. The number of oxazole rings is 1. The first kappa shape index (κ1) is 16.7. The number of nitrogens with one attached hydrogen (secondary N) is 1. The summed E-state index contributed by atoms with van der Waals surface area (Å²) in [5.41, 5.74) is 1.84. The predicted octanol–water partition coefficient (Wildman–Crippen LogP) is 4.00. The van der Waals surface area contributed by atoms with Crippen LogP contribution in [0.4, 0.5) is 14.5 Å². The van der Waals surface area contributed by atoms with Crippen LogP contribution in [-0.4, -0.2) is 24.6 Å². The third kappa shape index (κ3) is 3.68. The number of methoxy groups -OCH3 is 1. The Hall–Kier alpha value is -3.16. The number of fused-ring (bicyclic) bond motifs is 1. The molecule has 1 amide bonds. The number of anilines is 1. The molecule has 0 unspecified atom stereocenters. The molecule has 0 aliphatic carbocycles. The Bertz CT molecular complexity index is 924. The molecule has 0 spiro atoms. The van der Waals surface area contributed by atoms with Crippen LogP contribution in [0.2, 0.25) is 0 Å². The number of hydrogen-bond donors (Lipinski definition) is 1. The summed E-state index contributed by atoms with van der Waals surface area (Å²) in [6.07, 6.45) is 0. The van der Waals surface area contributed by atoms with Crippen LogP contribution in [0.5, 0.6) is 11.5 Å². The van der Waals surface area contributed by atoms with Gasteiger partial charge in [0.2, 0.25) is 0 Å². The molecule has 25 heavy (non-hydrogen) atoms. The Morgan fingerprint density at radius 2 is 2.00 bits per heavy atom. The SMILES string of the molecule is COc1ccc(C(=O)Nc2ccc3nc(C)oc3c2)cc1OC(F)F. The van der Waals surface area contributed by atoms with Crippen molar-refractivity contribution < 1.29 is 27.5 Å². The first-order valence-electron chi connectivity index (χ1n) is 7.27. The number of halogens is 2. The molecule has 0 saturated carbocycles. The van der Waals surface area contributed by atoms with Crippen molar-refractivity contribution in [1.29, 1.82) is 0 Å². The van der Waals surface area contributed by atoms with Crippen molar-refractivity contribution in [1.82, 2.24) is 4.98 Å². The fourth-order valence-corrected chi connectivity index (χ4v) is 2.33. The lowest BCUT2D eigenvalue weighted by Gasteiger charge is -2.11. The van der Waals surface area contributed by atoms with E-state index in [-0.39, 0.29) is 17.1 Å². The lowest BCUT2D eigenvalue weighted by atomic mass is 10.1. The lowest BCUT2D eigenvalue weighted by Crippen LogP contribution is -2.12. The van der Waals surface area contributed by atoms with Crippen LogP contribution in [0.25, 0.3) is 11.1 Å². The highest BCUT2D eigenvalue weighted by Gasteiger charge is 2.15. The summed E-state index contributed by atoms with van der Waals surface area (Å²) < 4.78 is 39.7. The molecule has 2 aromatic carbocycles. The molecule has 0 aliphatic rings. The van der Waals surface area contributed by atoms with E-state index in [1.54, 1.807) is 25.1 Å². The van der Waals surface area contributed by atoms with Gasteiger partial charge < -0.3 is 19.2 Å². The molecule has 8 heteroatoms. The van der Waals surface area contributed by atoms with E-state index in [1.165, 1.54) is 25.3 Å². The highest BCUT2D eigenvalue weighted by Crippen LogP contribution is 2.30. The quantitative estimate of drug-likeness (QED) is 0.754. The number of carbonyl (C=O) groups is 1. The van der Waals surface area contributed by atoms with Gasteiger partial charge in [0.25, 0.3) is 5.91 Å². The lowest BCUT2D eigenvalue weighted by molar-refractivity contribution is -0.0512. The smallest absolute Gasteiger partial charge is 0.387 e. The average Bonchev–Trinajstić information content (AvgIpc) is 2.93. The second-order valence-electron chi connectivity index (χ2n) is 5.11. The first-order valence-corrected chi connectivity index (χ1v) is 7.27. The molecule has 0 fully saturated rings. The molecular formula is C17H14F2N2O4. The summed E-state index contributed by atoms with van der Waals surface area (Å²) in [5, 5.41) is 2.67. The molecule has 1 N–H and O–H groups in total. The topological polar surface area (TPSA) is 73.6 Å².